The molecule has 0 unspecified atom stereocenters. The molecule has 1 aromatic rings. The minimum atomic E-state index is -0.171. The van der Waals surface area contributed by atoms with Crippen molar-refractivity contribution >= 4 is 34.5 Å². The number of anilines is 1. The van der Waals surface area contributed by atoms with Gasteiger partial charge in [0.2, 0.25) is 0 Å². The molecule has 134 valence electrons. The van der Waals surface area contributed by atoms with Crippen molar-refractivity contribution in [1.29, 1.82) is 0 Å². The molecule has 2 rings (SSSR count). The van der Waals surface area contributed by atoms with E-state index in [-0.39, 0.29) is 10.8 Å². The van der Waals surface area contributed by atoms with Crippen LogP contribution in [0.3, 0.4) is 0 Å². The minimum absolute atomic E-state index is 0.171. The maximum atomic E-state index is 11.7. The van der Waals surface area contributed by atoms with Crippen LogP contribution in [0.15, 0.2) is 45.9 Å². The van der Waals surface area contributed by atoms with Gasteiger partial charge in [-0.1, -0.05) is 18.5 Å². The minimum Gasteiger partial charge on any atom is -0.494 e. The van der Waals surface area contributed by atoms with Gasteiger partial charge in [0, 0.05) is 29.9 Å². The number of aliphatic imine (C=N–C) groups is 1. The molecule has 0 spiro atoms. The molecule has 0 bridgehead atoms. The van der Waals surface area contributed by atoms with Gasteiger partial charge in [-0.15, -0.1) is 0 Å². The van der Waals surface area contributed by atoms with Crippen LogP contribution in [0.5, 0.6) is 5.75 Å². The third-order valence-corrected chi connectivity index (χ3v) is 4.65. The van der Waals surface area contributed by atoms with Gasteiger partial charge in [0.25, 0.3) is 0 Å². The summed E-state index contributed by atoms with van der Waals surface area (Å²) in [5.74, 6) is 0.524. The third kappa shape index (κ3) is 4.13. The zero-order valence-corrected chi connectivity index (χ0v) is 16.2. The highest BCUT2D eigenvalue weighted by molar-refractivity contribution is 6.48. The first kappa shape index (κ1) is 19.3. The van der Waals surface area contributed by atoms with Crippen molar-refractivity contribution in [2.24, 2.45) is 4.99 Å². The smallest absolute Gasteiger partial charge is 0.197 e. The standard InChI is InChI=1S/C20H25ClN2O2/c1-6-15-16(10-11-18(24)20(15)21)22-17-9-8-14(12-19(17)25-5)23(7-2)13(3)4/h8-13H,6-7H2,1-5H3. The lowest BCUT2D eigenvalue weighted by Gasteiger charge is -2.28. The maximum absolute atomic E-state index is 11.7. The van der Waals surface area contributed by atoms with E-state index in [4.69, 9.17) is 16.3 Å². The van der Waals surface area contributed by atoms with E-state index in [0.717, 1.165) is 23.5 Å². The number of benzene rings is 1. The Balaban J connectivity index is 2.47. The summed E-state index contributed by atoms with van der Waals surface area (Å²) in [5, 5.41) is 0.247. The van der Waals surface area contributed by atoms with Crippen molar-refractivity contribution in [2.75, 3.05) is 18.6 Å². The molecule has 1 aliphatic rings. The number of nitrogens with zero attached hydrogens (tertiary/aromatic N) is 2. The average molecular weight is 361 g/mol. The fraction of sp³-hybridized carbons (Fsp3) is 0.400. The summed E-state index contributed by atoms with van der Waals surface area (Å²) >= 11 is 6.15. The van der Waals surface area contributed by atoms with Gasteiger partial charge in [-0.2, -0.15) is 0 Å². The van der Waals surface area contributed by atoms with Gasteiger partial charge in [-0.3, -0.25) is 4.79 Å². The molecule has 4 nitrogen and oxygen atoms in total. The molecule has 0 atom stereocenters. The summed E-state index contributed by atoms with van der Waals surface area (Å²) in [6, 6.07) is 6.38. The van der Waals surface area contributed by atoms with Gasteiger partial charge in [-0.25, -0.2) is 4.99 Å². The number of carbonyl (C=O) groups excluding carboxylic acids is 1. The predicted octanol–water partition coefficient (Wildman–Crippen LogP) is 5.04. The summed E-state index contributed by atoms with van der Waals surface area (Å²) < 4.78 is 5.54. The molecule has 0 saturated carbocycles. The van der Waals surface area contributed by atoms with Gasteiger partial charge in [0.1, 0.15) is 11.4 Å². The number of hydrogen-bond donors (Lipinski definition) is 0. The summed E-state index contributed by atoms with van der Waals surface area (Å²) in [7, 11) is 1.64. The molecule has 1 aliphatic carbocycles. The topological polar surface area (TPSA) is 41.9 Å². The van der Waals surface area contributed by atoms with E-state index in [2.05, 4.69) is 30.7 Å². The van der Waals surface area contributed by atoms with Crippen molar-refractivity contribution in [3.05, 3.63) is 41.0 Å². The molecule has 0 fully saturated rings. The lowest BCUT2D eigenvalue weighted by atomic mass is 10.00. The highest BCUT2D eigenvalue weighted by atomic mass is 35.5. The van der Waals surface area contributed by atoms with Gasteiger partial charge < -0.3 is 9.64 Å². The van der Waals surface area contributed by atoms with Crippen LogP contribution in [0.4, 0.5) is 11.4 Å². The van der Waals surface area contributed by atoms with Crippen LogP contribution in [0, 0.1) is 0 Å². The maximum Gasteiger partial charge on any atom is 0.197 e. The first-order valence-electron chi connectivity index (χ1n) is 8.57. The summed E-state index contributed by atoms with van der Waals surface area (Å²) in [6.07, 6.45) is 3.82. The lowest BCUT2D eigenvalue weighted by molar-refractivity contribution is -0.110. The van der Waals surface area contributed by atoms with Crippen LogP contribution in [-0.4, -0.2) is 31.2 Å². The molecular weight excluding hydrogens is 336 g/mol. The Morgan fingerprint density at radius 3 is 2.52 bits per heavy atom. The molecule has 0 amide bonds. The molecule has 1 aromatic carbocycles. The number of rotatable bonds is 6. The largest absolute Gasteiger partial charge is 0.494 e. The Labute approximate surface area is 154 Å². The molecule has 0 aliphatic heterocycles. The highest BCUT2D eigenvalue weighted by Crippen LogP contribution is 2.34. The zero-order chi connectivity index (χ0) is 18.6. The van der Waals surface area contributed by atoms with Crippen molar-refractivity contribution in [3.63, 3.8) is 0 Å². The summed E-state index contributed by atoms with van der Waals surface area (Å²) in [4.78, 5) is 18.7. The number of methoxy groups -OCH3 is 1. The van der Waals surface area contributed by atoms with E-state index >= 15 is 0 Å². The van der Waals surface area contributed by atoms with Crippen LogP contribution in [0.25, 0.3) is 0 Å². The van der Waals surface area contributed by atoms with Gasteiger partial charge in [0.15, 0.2) is 5.78 Å². The highest BCUT2D eigenvalue weighted by Gasteiger charge is 2.19. The lowest BCUT2D eigenvalue weighted by Crippen LogP contribution is -2.30. The molecule has 0 saturated heterocycles. The van der Waals surface area contributed by atoms with E-state index in [0.29, 0.717) is 23.9 Å². The van der Waals surface area contributed by atoms with Crippen LogP contribution in [0.1, 0.15) is 34.1 Å². The predicted molar refractivity (Wildman–Crippen MR) is 106 cm³/mol. The molecule has 25 heavy (non-hydrogen) atoms. The second-order valence-corrected chi connectivity index (χ2v) is 6.45. The molecule has 0 radical (unpaired) electrons. The van der Waals surface area contributed by atoms with E-state index in [1.807, 2.05) is 25.1 Å². The van der Waals surface area contributed by atoms with Crippen LogP contribution in [-0.2, 0) is 4.79 Å². The molecule has 0 N–H and O–H groups in total. The number of hydrogen-bond acceptors (Lipinski definition) is 4. The first-order valence-corrected chi connectivity index (χ1v) is 8.95. The van der Waals surface area contributed by atoms with Crippen LogP contribution >= 0.6 is 11.6 Å². The number of carbonyl (C=O) groups is 1. The molecular formula is C20H25ClN2O2. The van der Waals surface area contributed by atoms with Crippen molar-refractivity contribution in [1.82, 2.24) is 0 Å². The summed E-state index contributed by atoms with van der Waals surface area (Å²) in [5.41, 5.74) is 3.28. The second kappa shape index (κ2) is 8.34. The number of halogens is 1. The van der Waals surface area contributed by atoms with Crippen LogP contribution in [0.2, 0.25) is 0 Å². The Morgan fingerprint density at radius 2 is 1.96 bits per heavy atom. The van der Waals surface area contributed by atoms with E-state index in [1.54, 1.807) is 13.2 Å². The molecule has 5 heteroatoms. The fourth-order valence-electron chi connectivity index (χ4n) is 2.94. The van der Waals surface area contributed by atoms with Gasteiger partial charge in [0.05, 0.1) is 17.9 Å². The number of ether oxygens (including phenoxy) is 1. The summed E-state index contributed by atoms with van der Waals surface area (Å²) in [6.45, 7) is 9.33. The SMILES string of the molecule is CCC1=C(Cl)C(=O)C=CC1=Nc1ccc(N(CC)C(C)C)cc1OC. The van der Waals surface area contributed by atoms with Crippen molar-refractivity contribution in [3.8, 4) is 5.75 Å². The van der Waals surface area contributed by atoms with E-state index in [9.17, 15) is 4.79 Å². The third-order valence-electron chi connectivity index (χ3n) is 4.24. The number of ketones is 1. The molecule has 0 heterocycles. The average Bonchev–Trinajstić information content (AvgIpc) is 2.59. The quantitative estimate of drug-likeness (QED) is 0.667. The Morgan fingerprint density at radius 1 is 1.24 bits per heavy atom. The van der Waals surface area contributed by atoms with Gasteiger partial charge >= 0.3 is 0 Å². The molecule has 0 aromatic heterocycles. The van der Waals surface area contributed by atoms with E-state index < -0.39 is 0 Å². The Hall–Kier alpha value is -2.07. The van der Waals surface area contributed by atoms with Crippen molar-refractivity contribution in [2.45, 2.75) is 40.2 Å². The van der Waals surface area contributed by atoms with Crippen molar-refractivity contribution < 1.29 is 9.53 Å². The first-order chi connectivity index (χ1) is 11.9. The Kier molecular flexibility index (Phi) is 6.43. The monoisotopic (exact) mass is 360 g/mol. The van der Waals surface area contributed by atoms with Crippen LogP contribution < -0.4 is 9.64 Å². The second-order valence-electron chi connectivity index (χ2n) is 6.08. The fourth-order valence-corrected chi connectivity index (χ4v) is 3.24. The van der Waals surface area contributed by atoms with Gasteiger partial charge in [-0.05, 0) is 51.5 Å². The Bertz CT molecular complexity index is 748. The number of allylic oxidation sites excluding steroid dienone is 4. The zero-order valence-electron chi connectivity index (χ0n) is 15.5. The van der Waals surface area contributed by atoms with E-state index in [1.165, 1.54) is 6.08 Å². The normalized spacial score (nSPS) is 16.1.